The quantitative estimate of drug-likeness (QED) is 0.821. The summed E-state index contributed by atoms with van der Waals surface area (Å²) in [6, 6.07) is 7.51. The van der Waals surface area contributed by atoms with Gasteiger partial charge >= 0.3 is 0 Å². The average Bonchev–Trinajstić information content (AvgIpc) is 2.38. The normalized spacial score (nSPS) is 15.6. The van der Waals surface area contributed by atoms with Crippen LogP contribution in [0.4, 0.5) is 0 Å². The van der Waals surface area contributed by atoms with Crippen LogP contribution in [0.1, 0.15) is 22.8 Å². The zero-order valence-electron chi connectivity index (χ0n) is 10.4. The molecule has 1 aromatic carbocycles. The Hall–Kier alpha value is -1.36. The molecule has 0 N–H and O–H groups in total. The van der Waals surface area contributed by atoms with E-state index < -0.39 is 9.84 Å². The first-order valence-corrected chi connectivity index (χ1v) is 7.93. The van der Waals surface area contributed by atoms with Crippen molar-refractivity contribution < 1.29 is 13.2 Å². The number of rotatable bonds is 4. The van der Waals surface area contributed by atoms with Gasteiger partial charge in [-0.05, 0) is 18.1 Å². The van der Waals surface area contributed by atoms with Crippen LogP contribution in [-0.2, 0) is 16.3 Å². The van der Waals surface area contributed by atoms with Crippen molar-refractivity contribution in [2.24, 2.45) is 0 Å². The van der Waals surface area contributed by atoms with Crippen LogP contribution in [0.5, 0.6) is 0 Å². The molecule has 98 valence electrons. The fourth-order valence-electron chi connectivity index (χ4n) is 2.08. The summed E-state index contributed by atoms with van der Waals surface area (Å²) < 4.78 is 22.9. The summed E-state index contributed by atoms with van der Waals surface area (Å²) in [5.41, 5.74) is 1.76. The van der Waals surface area contributed by atoms with Gasteiger partial charge in [0.05, 0.1) is 5.75 Å². The van der Waals surface area contributed by atoms with Crippen molar-refractivity contribution in [2.45, 2.75) is 13.3 Å². The van der Waals surface area contributed by atoms with Gasteiger partial charge in [0.2, 0.25) is 0 Å². The molecule has 0 radical (unpaired) electrons. The molecular weight excluding hydrogens is 250 g/mol. The fraction of sp³-hybridized carbons (Fsp3) is 0.462. The SMILES string of the molecule is CCS(=O)(=O)CCN1CCc2ccccc2C1=O. The summed E-state index contributed by atoms with van der Waals surface area (Å²) in [6.07, 6.45) is 0.800. The molecule has 4 nitrogen and oxygen atoms in total. The Bertz CT molecular complexity index is 551. The van der Waals surface area contributed by atoms with Crippen molar-refractivity contribution in [3.63, 3.8) is 0 Å². The van der Waals surface area contributed by atoms with Crippen molar-refractivity contribution in [3.05, 3.63) is 35.4 Å². The second-order valence-corrected chi connectivity index (χ2v) is 6.91. The number of hydrogen-bond acceptors (Lipinski definition) is 3. The van der Waals surface area contributed by atoms with E-state index >= 15 is 0 Å². The van der Waals surface area contributed by atoms with Gasteiger partial charge in [0, 0.05) is 24.4 Å². The van der Waals surface area contributed by atoms with E-state index in [1.807, 2.05) is 18.2 Å². The van der Waals surface area contributed by atoms with Crippen LogP contribution in [0.3, 0.4) is 0 Å². The molecule has 0 unspecified atom stereocenters. The average molecular weight is 267 g/mol. The first-order valence-electron chi connectivity index (χ1n) is 6.11. The molecule has 0 saturated heterocycles. The Morgan fingerprint density at radius 1 is 1.28 bits per heavy atom. The lowest BCUT2D eigenvalue weighted by Crippen LogP contribution is -2.40. The minimum Gasteiger partial charge on any atom is -0.337 e. The second kappa shape index (κ2) is 5.10. The minimum atomic E-state index is -3.01. The van der Waals surface area contributed by atoms with Gasteiger partial charge in [0.1, 0.15) is 0 Å². The molecule has 18 heavy (non-hydrogen) atoms. The number of sulfone groups is 1. The lowest BCUT2D eigenvalue weighted by atomic mass is 9.99. The molecule has 5 heteroatoms. The summed E-state index contributed by atoms with van der Waals surface area (Å²) in [5, 5.41) is 0. The molecule has 0 atom stereocenters. The van der Waals surface area contributed by atoms with E-state index in [0.29, 0.717) is 18.7 Å². The lowest BCUT2D eigenvalue weighted by Gasteiger charge is -2.28. The Labute approximate surface area is 108 Å². The molecule has 0 aliphatic carbocycles. The van der Waals surface area contributed by atoms with Crippen molar-refractivity contribution >= 4 is 15.7 Å². The van der Waals surface area contributed by atoms with E-state index in [1.165, 1.54) is 0 Å². The highest BCUT2D eigenvalue weighted by Gasteiger charge is 2.24. The highest BCUT2D eigenvalue weighted by Crippen LogP contribution is 2.18. The van der Waals surface area contributed by atoms with Crippen molar-refractivity contribution in [2.75, 3.05) is 24.6 Å². The van der Waals surface area contributed by atoms with Gasteiger partial charge in [-0.1, -0.05) is 25.1 Å². The molecule has 2 rings (SSSR count). The van der Waals surface area contributed by atoms with Crippen molar-refractivity contribution in [1.29, 1.82) is 0 Å². The molecular formula is C13H17NO3S. The van der Waals surface area contributed by atoms with Gasteiger partial charge in [-0.25, -0.2) is 8.42 Å². The monoisotopic (exact) mass is 267 g/mol. The van der Waals surface area contributed by atoms with Gasteiger partial charge in [0.25, 0.3) is 5.91 Å². The first kappa shape index (κ1) is 13.1. The topological polar surface area (TPSA) is 54.5 Å². The highest BCUT2D eigenvalue weighted by atomic mass is 32.2. The Kier molecular flexibility index (Phi) is 3.71. The molecule has 0 saturated carbocycles. The summed E-state index contributed by atoms with van der Waals surface area (Å²) >= 11 is 0. The van der Waals surface area contributed by atoms with Crippen LogP contribution in [0.25, 0.3) is 0 Å². The zero-order chi connectivity index (χ0) is 13.2. The van der Waals surface area contributed by atoms with Crippen molar-refractivity contribution in [3.8, 4) is 0 Å². The summed E-state index contributed by atoms with van der Waals surface area (Å²) in [7, 11) is -3.01. The number of amides is 1. The lowest BCUT2D eigenvalue weighted by molar-refractivity contribution is 0.0750. The summed E-state index contributed by atoms with van der Waals surface area (Å²) in [5.74, 6) is 0.131. The zero-order valence-corrected chi connectivity index (χ0v) is 11.2. The van der Waals surface area contributed by atoms with E-state index in [9.17, 15) is 13.2 Å². The molecule has 0 spiro atoms. The fourth-order valence-corrected chi connectivity index (χ4v) is 2.87. The van der Waals surface area contributed by atoms with Gasteiger partial charge in [0.15, 0.2) is 9.84 Å². The predicted molar refractivity (Wildman–Crippen MR) is 70.4 cm³/mol. The molecule has 1 aliphatic heterocycles. The predicted octanol–water partition coefficient (Wildman–Crippen LogP) is 1.12. The standard InChI is InChI=1S/C13H17NO3S/c1-2-18(16,17)10-9-14-8-7-11-5-3-4-6-12(11)13(14)15/h3-6H,2,7-10H2,1H3. The Balaban J connectivity index is 2.08. The minimum absolute atomic E-state index is 0.0526. The smallest absolute Gasteiger partial charge is 0.254 e. The maximum Gasteiger partial charge on any atom is 0.254 e. The molecule has 1 heterocycles. The maximum atomic E-state index is 12.2. The molecule has 0 aromatic heterocycles. The summed E-state index contributed by atoms with van der Waals surface area (Å²) in [6.45, 7) is 2.53. The molecule has 1 aromatic rings. The second-order valence-electron chi connectivity index (χ2n) is 4.44. The van der Waals surface area contributed by atoms with Crippen LogP contribution in [0.15, 0.2) is 24.3 Å². The maximum absolute atomic E-state index is 12.2. The number of fused-ring (bicyclic) bond motifs is 1. The van der Waals surface area contributed by atoms with Crippen LogP contribution < -0.4 is 0 Å². The van der Waals surface area contributed by atoms with Crippen LogP contribution in [0.2, 0.25) is 0 Å². The molecule has 1 aliphatic rings. The largest absolute Gasteiger partial charge is 0.337 e. The van der Waals surface area contributed by atoms with Crippen LogP contribution in [-0.4, -0.2) is 43.8 Å². The summed E-state index contributed by atoms with van der Waals surface area (Å²) in [4.78, 5) is 13.8. The van der Waals surface area contributed by atoms with Crippen molar-refractivity contribution in [1.82, 2.24) is 4.90 Å². The van der Waals surface area contributed by atoms with Crippen LogP contribution in [0, 0.1) is 0 Å². The molecule has 1 amide bonds. The van der Waals surface area contributed by atoms with E-state index in [1.54, 1.807) is 17.9 Å². The van der Waals surface area contributed by atoms with E-state index in [0.717, 1.165) is 12.0 Å². The third-order valence-electron chi connectivity index (χ3n) is 3.30. The van der Waals surface area contributed by atoms with Gasteiger partial charge in [-0.15, -0.1) is 0 Å². The third-order valence-corrected chi connectivity index (χ3v) is 4.98. The number of carbonyl (C=O) groups is 1. The first-order chi connectivity index (χ1) is 8.53. The number of benzene rings is 1. The van der Waals surface area contributed by atoms with E-state index in [4.69, 9.17) is 0 Å². The third kappa shape index (κ3) is 2.72. The number of hydrogen-bond donors (Lipinski definition) is 0. The molecule has 0 fully saturated rings. The van der Waals surface area contributed by atoms with Gasteiger partial charge in [-0.2, -0.15) is 0 Å². The molecule has 0 bridgehead atoms. The van der Waals surface area contributed by atoms with E-state index in [-0.39, 0.29) is 17.4 Å². The van der Waals surface area contributed by atoms with Gasteiger partial charge < -0.3 is 4.90 Å². The van der Waals surface area contributed by atoms with Gasteiger partial charge in [-0.3, -0.25) is 4.79 Å². The Morgan fingerprint density at radius 3 is 2.72 bits per heavy atom. The number of carbonyl (C=O) groups excluding carboxylic acids is 1. The van der Waals surface area contributed by atoms with Crippen LogP contribution >= 0.6 is 0 Å². The Morgan fingerprint density at radius 2 is 2.00 bits per heavy atom. The number of nitrogens with zero attached hydrogens (tertiary/aromatic N) is 1. The van der Waals surface area contributed by atoms with E-state index in [2.05, 4.69) is 0 Å². The highest BCUT2D eigenvalue weighted by molar-refractivity contribution is 7.91.